The maximum atomic E-state index is 13.0. The van der Waals surface area contributed by atoms with Gasteiger partial charge in [0.05, 0.1) is 10.0 Å². The summed E-state index contributed by atoms with van der Waals surface area (Å²) in [5.74, 6) is 0.0942. The van der Waals surface area contributed by atoms with Crippen LogP contribution in [0.5, 0.6) is 0 Å². The Bertz CT molecular complexity index is 814. The van der Waals surface area contributed by atoms with Crippen molar-refractivity contribution in [1.82, 2.24) is 15.5 Å². The molecular formula is C20H25Cl2N3O3. The first kappa shape index (κ1) is 20.0. The molecule has 6 nitrogen and oxygen atoms in total. The third-order valence-corrected chi connectivity index (χ3v) is 7.11. The molecule has 2 amide bonds. The van der Waals surface area contributed by atoms with E-state index in [2.05, 4.69) is 17.6 Å². The number of aliphatic hydroxyl groups excluding tert-OH is 1. The summed E-state index contributed by atoms with van der Waals surface area (Å²) in [5.41, 5.74) is 1.33. The fourth-order valence-corrected chi connectivity index (χ4v) is 5.22. The third kappa shape index (κ3) is 3.52. The van der Waals surface area contributed by atoms with E-state index in [0.717, 1.165) is 30.4 Å². The molecule has 3 aliphatic rings. The first-order valence-corrected chi connectivity index (χ1v) is 10.6. The molecule has 1 saturated heterocycles. The van der Waals surface area contributed by atoms with E-state index in [0.29, 0.717) is 29.6 Å². The summed E-state index contributed by atoms with van der Waals surface area (Å²) in [4.78, 5) is 27.3. The molecule has 3 atom stereocenters. The summed E-state index contributed by atoms with van der Waals surface area (Å²) in [6.07, 6.45) is 2.23. The maximum absolute atomic E-state index is 13.0. The third-order valence-electron chi connectivity index (χ3n) is 6.29. The van der Waals surface area contributed by atoms with Crippen molar-refractivity contribution in [2.75, 3.05) is 13.1 Å². The second-order valence-corrected chi connectivity index (χ2v) is 8.98. The smallest absolute Gasteiger partial charge is 0.243 e. The molecule has 1 unspecified atom stereocenters. The zero-order chi connectivity index (χ0) is 20.1. The van der Waals surface area contributed by atoms with E-state index in [4.69, 9.17) is 23.2 Å². The maximum Gasteiger partial charge on any atom is 0.243 e. The van der Waals surface area contributed by atoms with Crippen LogP contribution < -0.4 is 10.6 Å². The van der Waals surface area contributed by atoms with E-state index < -0.39 is 11.9 Å². The SMILES string of the molecule is C[C@@H]1CN(C(=O)CC[C@@]2(C3CC3)NC(O)NC2=O)CCc2ccc(Cl)c(Cl)c21. The molecule has 1 saturated carbocycles. The molecule has 0 spiro atoms. The van der Waals surface area contributed by atoms with Crippen molar-refractivity contribution in [2.45, 2.75) is 56.8 Å². The van der Waals surface area contributed by atoms with E-state index in [1.807, 2.05) is 17.0 Å². The number of benzene rings is 1. The normalized spacial score (nSPS) is 30.0. The summed E-state index contributed by atoms with van der Waals surface area (Å²) in [7, 11) is 0. The van der Waals surface area contributed by atoms with Crippen LogP contribution in [0.25, 0.3) is 0 Å². The Kier molecular flexibility index (Phi) is 5.33. The fourth-order valence-electron chi connectivity index (χ4n) is 4.68. The van der Waals surface area contributed by atoms with E-state index >= 15 is 0 Å². The molecule has 0 bridgehead atoms. The van der Waals surface area contributed by atoms with Gasteiger partial charge in [0.2, 0.25) is 11.8 Å². The van der Waals surface area contributed by atoms with E-state index in [9.17, 15) is 14.7 Å². The molecule has 28 heavy (non-hydrogen) atoms. The molecule has 2 fully saturated rings. The van der Waals surface area contributed by atoms with Gasteiger partial charge in [-0.3, -0.25) is 14.9 Å². The number of hydrogen-bond acceptors (Lipinski definition) is 4. The number of halogens is 2. The highest BCUT2D eigenvalue weighted by Crippen LogP contribution is 2.44. The Labute approximate surface area is 174 Å². The van der Waals surface area contributed by atoms with Crippen LogP contribution in [0.1, 0.15) is 49.7 Å². The Morgan fingerprint density at radius 1 is 1.36 bits per heavy atom. The highest BCUT2D eigenvalue weighted by Gasteiger charge is 2.55. The quantitative estimate of drug-likeness (QED) is 0.691. The molecule has 152 valence electrons. The number of amides is 2. The summed E-state index contributed by atoms with van der Waals surface area (Å²) >= 11 is 12.6. The minimum atomic E-state index is -1.04. The standard InChI is InChI=1S/C20H25Cl2N3O3/c1-11-10-25(9-7-12-2-5-14(21)17(22)16(11)12)15(26)6-8-20(13-3-4-13)18(27)23-19(28)24-20/h2,5,11,13,19,24,28H,3-4,6-10H2,1H3,(H,23,27)/t11-,19?,20+/m1/s1. The Morgan fingerprint density at radius 2 is 2.11 bits per heavy atom. The molecule has 1 aromatic carbocycles. The lowest BCUT2D eigenvalue weighted by Gasteiger charge is -2.29. The molecule has 3 N–H and O–H groups in total. The Balaban J connectivity index is 1.45. The van der Waals surface area contributed by atoms with Crippen LogP contribution in [0.2, 0.25) is 10.0 Å². The topological polar surface area (TPSA) is 81.7 Å². The van der Waals surface area contributed by atoms with Crippen molar-refractivity contribution in [3.05, 3.63) is 33.3 Å². The molecule has 1 aliphatic carbocycles. The van der Waals surface area contributed by atoms with Crippen molar-refractivity contribution in [3.8, 4) is 0 Å². The van der Waals surface area contributed by atoms with Gasteiger partial charge in [0, 0.05) is 25.4 Å². The molecule has 4 rings (SSSR count). The zero-order valence-corrected chi connectivity index (χ0v) is 17.3. The van der Waals surface area contributed by atoms with Gasteiger partial charge in [-0.05, 0) is 48.8 Å². The molecule has 0 radical (unpaired) electrons. The number of rotatable bonds is 4. The second-order valence-electron chi connectivity index (χ2n) is 8.19. The molecular weight excluding hydrogens is 401 g/mol. The monoisotopic (exact) mass is 425 g/mol. The largest absolute Gasteiger partial charge is 0.361 e. The molecule has 2 aliphatic heterocycles. The van der Waals surface area contributed by atoms with Gasteiger partial charge < -0.3 is 15.3 Å². The fraction of sp³-hybridized carbons (Fsp3) is 0.600. The number of fused-ring (bicyclic) bond motifs is 1. The number of nitrogens with one attached hydrogen (secondary N) is 2. The first-order chi connectivity index (χ1) is 13.3. The number of nitrogens with zero attached hydrogens (tertiary/aromatic N) is 1. The summed E-state index contributed by atoms with van der Waals surface area (Å²) < 4.78 is 0. The van der Waals surface area contributed by atoms with Crippen molar-refractivity contribution < 1.29 is 14.7 Å². The number of aliphatic hydroxyl groups is 1. The van der Waals surface area contributed by atoms with Crippen LogP contribution in [0, 0.1) is 5.92 Å². The molecule has 1 aromatic rings. The van der Waals surface area contributed by atoms with E-state index in [1.54, 1.807) is 0 Å². The summed E-state index contributed by atoms with van der Waals surface area (Å²) in [6, 6.07) is 3.80. The number of hydrogen-bond donors (Lipinski definition) is 3. The van der Waals surface area contributed by atoms with Crippen LogP contribution in [-0.4, -0.2) is 46.8 Å². The van der Waals surface area contributed by atoms with Crippen molar-refractivity contribution in [1.29, 1.82) is 0 Å². The van der Waals surface area contributed by atoms with Crippen molar-refractivity contribution in [2.24, 2.45) is 5.92 Å². The predicted molar refractivity (Wildman–Crippen MR) is 107 cm³/mol. The Morgan fingerprint density at radius 3 is 2.75 bits per heavy atom. The predicted octanol–water partition coefficient (Wildman–Crippen LogP) is 2.41. The lowest BCUT2D eigenvalue weighted by atomic mass is 9.87. The van der Waals surface area contributed by atoms with Gasteiger partial charge in [-0.25, -0.2) is 0 Å². The van der Waals surface area contributed by atoms with Crippen LogP contribution >= 0.6 is 23.2 Å². The van der Waals surface area contributed by atoms with Crippen LogP contribution in [-0.2, 0) is 16.0 Å². The first-order valence-electron chi connectivity index (χ1n) is 9.83. The van der Waals surface area contributed by atoms with Gasteiger partial charge in [-0.2, -0.15) is 0 Å². The highest BCUT2D eigenvalue weighted by atomic mass is 35.5. The zero-order valence-electron chi connectivity index (χ0n) is 15.8. The number of carbonyl (C=O) groups excluding carboxylic acids is 2. The van der Waals surface area contributed by atoms with Crippen LogP contribution in [0.4, 0.5) is 0 Å². The average Bonchev–Trinajstić information content (AvgIpc) is 3.46. The van der Waals surface area contributed by atoms with Gasteiger partial charge in [0.15, 0.2) is 6.35 Å². The van der Waals surface area contributed by atoms with Gasteiger partial charge in [0.1, 0.15) is 5.54 Å². The van der Waals surface area contributed by atoms with Crippen LogP contribution in [0.3, 0.4) is 0 Å². The second kappa shape index (κ2) is 7.48. The lowest BCUT2D eigenvalue weighted by Crippen LogP contribution is -2.50. The number of carbonyl (C=O) groups is 2. The minimum Gasteiger partial charge on any atom is -0.361 e. The van der Waals surface area contributed by atoms with Gasteiger partial charge in [0.25, 0.3) is 0 Å². The summed E-state index contributed by atoms with van der Waals surface area (Å²) in [6.45, 7) is 3.25. The molecule has 0 aromatic heterocycles. The summed E-state index contributed by atoms with van der Waals surface area (Å²) in [5, 5.41) is 16.4. The highest BCUT2D eigenvalue weighted by molar-refractivity contribution is 6.42. The van der Waals surface area contributed by atoms with Gasteiger partial charge >= 0.3 is 0 Å². The van der Waals surface area contributed by atoms with Crippen LogP contribution in [0.15, 0.2) is 12.1 Å². The molecule has 8 heteroatoms. The lowest BCUT2D eigenvalue weighted by molar-refractivity contribution is -0.132. The van der Waals surface area contributed by atoms with E-state index in [-0.39, 0.29) is 30.1 Å². The van der Waals surface area contributed by atoms with Gasteiger partial charge in [-0.15, -0.1) is 0 Å². The molecule has 2 heterocycles. The van der Waals surface area contributed by atoms with Crippen molar-refractivity contribution in [3.63, 3.8) is 0 Å². The van der Waals surface area contributed by atoms with Crippen molar-refractivity contribution >= 4 is 35.0 Å². The van der Waals surface area contributed by atoms with E-state index in [1.165, 1.54) is 0 Å². The van der Waals surface area contributed by atoms with Gasteiger partial charge in [-0.1, -0.05) is 36.2 Å². The Hall–Kier alpha value is -1.34. The average molecular weight is 426 g/mol. The minimum absolute atomic E-state index is 0.0258.